The summed E-state index contributed by atoms with van der Waals surface area (Å²) in [6.07, 6.45) is 0. The number of sulfonamides is 1. The number of carboxylic acids is 1. The molecule has 0 saturated carbocycles. The van der Waals surface area contributed by atoms with Gasteiger partial charge in [-0.15, -0.1) is 0 Å². The second-order valence-electron chi connectivity index (χ2n) is 4.18. The largest absolute Gasteiger partial charge is 0.478 e. The third kappa shape index (κ3) is 3.64. The fourth-order valence-electron chi connectivity index (χ4n) is 1.66. The lowest BCUT2D eigenvalue weighted by Gasteiger charge is -2.11. The lowest BCUT2D eigenvalue weighted by molar-refractivity contribution is 0.0697. The minimum atomic E-state index is -4.10. The van der Waals surface area contributed by atoms with Crippen LogP contribution in [0.3, 0.4) is 0 Å². The van der Waals surface area contributed by atoms with Crippen molar-refractivity contribution >= 4 is 56.5 Å². The minimum Gasteiger partial charge on any atom is -0.478 e. The van der Waals surface area contributed by atoms with Crippen LogP contribution in [0.4, 0.5) is 5.69 Å². The Morgan fingerprint density at radius 3 is 2.32 bits per heavy atom. The molecule has 0 spiro atoms. The molecule has 5 nitrogen and oxygen atoms in total. The smallest absolute Gasteiger partial charge is 0.337 e. The van der Waals surface area contributed by atoms with Crippen molar-refractivity contribution in [3.05, 3.63) is 57.0 Å². The van der Waals surface area contributed by atoms with Gasteiger partial charge in [0.15, 0.2) is 0 Å². The highest BCUT2D eigenvalue weighted by atomic mass is 35.5. The van der Waals surface area contributed by atoms with E-state index in [4.69, 9.17) is 39.9 Å². The molecule has 0 aliphatic rings. The number of anilines is 1. The number of hydrogen-bond acceptors (Lipinski definition) is 3. The zero-order valence-corrected chi connectivity index (χ0v) is 13.8. The molecule has 2 N–H and O–H groups in total. The van der Waals surface area contributed by atoms with Crippen molar-refractivity contribution < 1.29 is 18.3 Å². The van der Waals surface area contributed by atoms with Crippen LogP contribution < -0.4 is 4.72 Å². The monoisotopic (exact) mass is 379 g/mol. The Balaban J connectivity index is 2.50. The molecule has 0 bridgehead atoms. The second kappa shape index (κ2) is 6.34. The zero-order valence-electron chi connectivity index (χ0n) is 10.7. The molecule has 2 rings (SSSR count). The van der Waals surface area contributed by atoms with Gasteiger partial charge in [0.05, 0.1) is 21.3 Å². The molecule has 22 heavy (non-hydrogen) atoms. The SMILES string of the molecule is O=C(O)c1cc(S(=O)(=O)Nc2cccc(Cl)c2)c(Cl)cc1Cl. The Morgan fingerprint density at radius 2 is 1.73 bits per heavy atom. The molecule has 9 heteroatoms. The van der Waals surface area contributed by atoms with E-state index in [1.807, 2.05) is 0 Å². The van der Waals surface area contributed by atoms with Crippen molar-refractivity contribution in [2.45, 2.75) is 4.90 Å². The number of carbonyl (C=O) groups is 1. The molecule has 116 valence electrons. The lowest BCUT2D eigenvalue weighted by atomic mass is 10.2. The van der Waals surface area contributed by atoms with Crippen molar-refractivity contribution in [3.63, 3.8) is 0 Å². The van der Waals surface area contributed by atoms with Crippen LogP contribution in [0.5, 0.6) is 0 Å². The van der Waals surface area contributed by atoms with Crippen LogP contribution in [0.1, 0.15) is 10.4 Å². The molecule has 0 unspecified atom stereocenters. The topological polar surface area (TPSA) is 83.5 Å². The first-order valence-corrected chi connectivity index (χ1v) is 8.33. The third-order valence-electron chi connectivity index (χ3n) is 2.62. The molecule has 0 aliphatic carbocycles. The number of nitrogens with one attached hydrogen (secondary N) is 1. The van der Waals surface area contributed by atoms with E-state index in [-0.39, 0.29) is 21.3 Å². The van der Waals surface area contributed by atoms with E-state index in [1.54, 1.807) is 12.1 Å². The van der Waals surface area contributed by atoms with Gasteiger partial charge in [-0.3, -0.25) is 4.72 Å². The van der Waals surface area contributed by atoms with Crippen molar-refractivity contribution in [1.29, 1.82) is 0 Å². The van der Waals surface area contributed by atoms with Gasteiger partial charge >= 0.3 is 5.97 Å². The first kappa shape index (κ1) is 16.9. The van der Waals surface area contributed by atoms with Crippen molar-refractivity contribution in [2.75, 3.05) is 4.72 Å². The minimum absolute atomic E-state index is 0.154. The predicted molar refractivity (Wildman–Crippen MR) is 85.7 cm³/mol. The van der Waals surface area contributed by atoms with Crippen LogP contribution in [0, 0.1) is 0 Å². The van der Waals surface area contributed by atoms with E-state index in [9.17, 15) is 13.2 Å². The first-order valence-electron chi connectivity index (χ1n) is 5.71. The number of benzene rings is 2. The molecule has 0 aromatic heterocycles. The number of halogens is 3. The van der Waals surface area contributed by atoms with E-state index >= 15 is 0 Å². The number of rotatable bonds is 4. The molecule has 2 aromatic rings. The zero-order chi connectivity index (χ0) is 16.5. The van der Waals surface area contributed by atoms with Gasteiger partial charge in [-0.1, -0.05) is 40.9 Å². The summed E-state index contributed by atoms with van der Waals surface area (Å²) in [4.78, 5) is 10.7. The van der Waals surface area contributed by atoms with Crippen molar-refractivity contribution in [2.24, 2.45) is 0 Å². The van der Waals surface area contributed by atoms with Gasteiger partial charge < -0.3 is 5.11 Å². The average Bonchev–Trinajstić information content (AvgIpc) is 2.37. The van der Waals surface area contributed by atoms with Gasteiger partial charge in [-0.2, -0.15) is 0 Å². The third-order valence-corrected chi connectivity index (χ3v) is 5.01. The van der Waals surface area contributed by atoms with Crippen LogP contribution in [0.2, 0.25) is 15.1 Å². The molecule has 0 atom stereocenters. The average molecular weight is 381 g/mol. The maximum atomic E-state index is 12.3. The van der Waals surface area contributed by atoms with Gasteiger partial charge in [-0.05, 0) is 30.3 Å². The molecule has 0 aliphatic heterocycles. The van der Waals surface area contributed by atoms with Crippen molar-refractivity contribution in [3.8, 4) is 0 Å². The van der Waals surface area contributed by atoms with Crippen LogP contribution in [0.25, 0.3) is 0 Å². The number of hydrogen-bond donors (Lipinski definition) is 2. The molecule has 0 radical (unpaired) electrons. The first-order chi connectivity index (χ1) is 10.2. The molecular formula is C13H8Cl3NO4S. The number of carboxylic acid groups (broad SMARTS) is 1. The molecule has 2 aromatic carbocycles. The molecule has 0 heterocycles. The van der Waals surface area contributed by atoms with Gasteiger partial charge in [0, 0.05) is 5.02 Å². The highest BCUT2D eigenvalue weighted by Crippen LogP contribution is 2.30. The van der Waals surface area contributed by atoms with Crippen LogP contribution in [0.15, 0.2) is 41.3 Å². The van der Waals surface area contributed by atoms with Crippen molar-refractivity contribution in [1.82, 2.24) is 0 Å². The summed E-state index contributed by atoms with van der Waals surface area (Å²) in [7, 11) is -4.10. The highest BCUT2D eigenvalue weighted by Gasteiger charge is 2.22. The van der Waals surface area contributed by atoms with Gasteiger partial charge in [0.1, 0.15) is 4.90 Å². The summed E-state index contributed by atoms with van der Waals surface area (Å²) in [6.45, 7) is 0. The molecule has 0 fully saturated rings. The lowest BCUT2D eigenvalue weighted by Crippen LogP contribution is -2.14. The maximum absolute atomic E-state index is 12.3. The Labute approximate surface area is 141 Å². The summed E-state index contributed by atoms with van der Waals surface area (Å²) in [5, 5.41) is 9.01. The van der Waals surface area contributed by atoms with E-state index in [1.165, 1.54) is 12.1 Å². The summed E-state index contributed by atoms with van der Waals surface area (Å²) < 4.78 is 27.0. The summed E-state index contributed by atoms with van der Waals surface area (Å²) in [5.74, 6) is -1.36. The Bertz CT molecular complexity index is 852. The number of aromatic carboxylic acids is 1. The molecule has 0 amide bonds. The predicted octanol–water partition coefficient (Wildman–Crippen LogP) is 4.15. The summed E-state index contributed by atoms with van der Waals surface area (Å²) in [5.41, 5.74) is -0.145. The van der Waals surface area contributed by atoms with Gasteiger partial charge in [0.2, 0.25) is 0 Å². The fourth-order valence-corrected chi connectivity index (χ4v) is 3.76. The summed E-state index contributed by atoms with van der Waals surface area (Å²) >= 11 is 17.4. The Morgan fingerprint density at radius 1 is 1.05 bits per heavy atom. The van der Waals surface area contributed by atoms with Crippen LogP contribution >= 0.6 is 34.8 Å². The molecule has 0 saturated heterocycles. The normalized spacial score (nSPS) is 11.2. The van der Waals surface area contributed by atoms with E-state index in [0.29, 0.717) is 5.02 Å². The quantitative estimate of drug-likeness (QED) is 0.835. The maximum Gasteiger partial charge on any atom is 0.337 e. The van der Waals surface area contributed by atoms with E-state index in [2.05, 4.69) is 4.72 Å². The van der Waals surface area contributed by atoms with Gasteiger partial charge in [0.25, 0.3) is 10.0 Å². The summed E-state index contributed by atoms with van der Waals surface area (Å²) in [6, 6.07) is 8.01. The fraction of sp³-hybridized carbons (Fsp3) is 0. The molecular weight excluding hydrogens is 373 g/mol. The standard InChI is InChI=1S/C13H8Cl3NO4S/c14-7-2-1-3-8(4-7)17-22(20,21)12-5-9(13(18)19)10(15)6-11(12)16/h1-6,17H,(H,18,19). The Kier molecular flexibility index (Phi) is 4.87. The Hall–Kier alpha value is -1.47. The van der Waals surface area contributed by atoms with E-state index < -0.39 is 20.9 Å². The van der Waals surface area contributed by atoms with Gasteiger partial charge in [-0.25, -0.2) is 13.2 Å². The van der Waals surface area contributed by atoms with E-state index in [0.717, 1.165) is 12.1 Å². The van der Waals surface area contributed by atoms with Crippen LogP contribution in [-0.4, -0.2) is 19.5 Å². The second-order valence-corrected chi connectivity index (χ2v) is 7.09. The highest BCUT2D eigenvalue weighted by molar-refractivity contribution is 7.92. The van der Waals surface area contributed by atoms with Crippen LogP contribution in [-0.2, 0) is 10.0 Å².